The number of aryl methyl sites for hydroxylation is 1. The SMILES string of the molecule is Cc1ccc(NC(=O)C(NC(=O)C2CC[NH2+]CC2)C(C)C)cc1.[Cl-]. The lowest BCUT2D eigenvalue weighted by Gasteiger charge is -2.26. The number of hydrogen-bond acceptors (Lipinski definition) is 2. The third-order valence-corrected chi connectivity index (χ3v) is 4.38. The van der Waals surface area contributed by atoms with Crippen LogP contribution in [0.4, 0.5) is 5.69 Å². The van der Waals surface area contributed by atoms with Gasteiger partial charge in [0, 0.05) is 24.4 Å². The Hall–Kier alpha value is -1.59. The monoisotopic (exact) mass is 353 g/mol. The van der Waals surface area contributed by atoms with Gasteiger partial charge in [0.15, 0.2) is 0 Å². The molecule has 1 aliphatic heterocycles. The number of halogens is 1. The molecule has 1 aromatic carbocycles. The first-order valence-electron chi connectivity index (χ1n) is 8.47. The standard InChI is InChI=1S/C18H27N3O2.ClH/c1-12(2)16(21-17(22)14-8-10-19-11-9-14)18(23)20-15-6-4-13(3)5-7-15;/h4-7,12,14,16,19H,8-11H2,1-3H3,(H,20,23)(H,21,22);1H. The van der Waals surface area contributed by atoms with E-state index in [1.807, 2.05) is 45.0 Å². The Balaban J connectivity index is 0.00000288. The summed E-state index contributed by atoms with van der Waals surface area (Å²) in [6.07, 6.45) is 1.77. The van der Waals surface area contributed by atoms with Crippen molar-refractivity contribution >= 4 is 17.5 Å². The van der Waals surface area contributed by atoms with Gasteiger partial charge in [-0.3, -0.25) is 9.59 Å². The Morgan fingerprint density at radius 1 is 1.12 bits per heavy atom. The maximum atomic E-state index is 12.5. The Morgan fingerprint density at radius 2 is 1.71 bits per heavy atom. The third kappa shape index (κ3) is 5.80. The summed E-state index contributed by atoms with van der Waals surface area (Å²) < 4.78 is 0. The molecule has 1 unspecified atom stereocenters. The molecule has 0 aromatic heterocycles. The lowest BCUT2D eigenvalue weighted by molar-refractivity contribution is -0.664. The molecule has 0 aliphatic carbocycles. The van der Waals surface area contributed by atoms with Crippen LogP contribution in [-0.2, 0) is 9.59 Å². The maximum absolute atomic E-state index is 12.5. The number of quaternary nitrogens is 1. The van der Waals surface area contributed by atoms with E-state index in [0.29, 0.717) is 0 Å². The first-order chi connectivity index (χ1) is 11.0. The summed E-state index contributed by atoms with van der Waals surface area (Å²) in [6, 6.07) is 7.16. The van der Waals surface area contributed by atoms with E-state index in [-0.39, 0.29) is 36.1 Å². The van der Waals surface area contributed by atoms with Gasteiger partial charge in [-0.15, -0.1) is 0 Å². The van der Waals surface area contributed by atoms with E-state index in [1.165, 1.54) is 0 Å². The van der Waals surface area contributed by atoms with E-state index >= 15 is 0 Å². The first-order valence-corrected chi connectivity index (χ1v) is 8.47. The van der Waals surface area contributed by atoms with Crippen LogP contribution in [0, 0.1) is 18.8 Å². The predicted octanol–water partition coefficient (Wildman–Crippen LogP) is -1.95. The molecule has 2 amide bonds. The zero-order chi connectivity index (χ0) is 16.8. The predicted molar refractivity (Wildman–Crippen MR) is 91.0 cm³/mol. The number of hydrogen-bond donors (Lipinski definition) is 3. The highest BCUT2D eigenvalue weighted by atomic mass is 35.5. The van der Waals surface area contributed by atoms with Gasteiger partial charge in [0.1, 0.15) is 6.04 Å². The normalized spacial score (nSPS) is 16.2. The van der Waals surface area contributed by atoms with Crippen molar-refractivity contribution in [1.82, 2.24) is 5.32 Å². The summed E-state index contributed by atoms with van der Waals surface area (Å²) in [7, 11) is 0. The Kier molecular flexibility index (Phi) is 8.22. The number of rotatable bonds is 5. The van der Waals surface area contributed by atoms with Crippen LogP contribution in [0.3, 0.4) is 0 Å². The molecule has 0 bridgehead atoms. The lowest BCUT2D eigenvalue weighted by atomic mass is 9.95. The van der Waals surface area contributed by atoms with Crippen LogP contribution in [0.2, 0.25) is 0 Å². The van der Waals surface area contributed by atoms with Crippen LogP contribution in [0.5, 0.6) is 0 Å². The fourth-order valence-corrected chi connectivity index (χ4v) is 2.85. The quantitative estimate of drug-likeness (QED) is 0.576. The number of amides is 2. The molecule has 1 atom stereocenters. The second-order valence-electron chi connectivity index (χ2n) is 6.73. The zero-order valence-electron chi connectivity index (χ0n) is 14.6. The van der Waals surface area contributed by atoms with Crippen molar-refractivity contribution < 1.29 is 27.3 Å². The minimum absolute atomic E-state index is 0. The van der Waals surface area contributed by atoms with Gasteiger partial charge in [0.25, 0.3) is 0 Å². The highest BCUT2D eigenvalue weighted by Crippen LogP contribution is 2.14. The van der Waals surface area contributed by atoms with Crippen LogP contribution in [0.1, 0.15) is 32.3 Å². The number of piperidine rings is 1. The number of nitrogens with one attached hydrogen (secondary N) is 2. The molecule has 24 heavy (non-hydrogen) atoms. The van der Waals surface area contributed by atoms with Crippen LogP contribution >= 0.6 is 0 Å². The van der Waals surface area contributed by atoms with E-state index in [9.17, 15) is 9.59 Å². The van der Waals surface area contributed by atoms with Crippen LogP contribution in [0.25, 0.3) is 0 Å². The van der Waals surface area contributed by atoms with Crippen molar-refractivity contribution in [2.45, 2.75) is 39.7 Å². The molecule has 0 saturated carbocycles. The van der Waals surface area contributed by atoms with Crippen molar-refractivity contribution in [1.29, 1.82) is 0 Å². The number of benzene rings is 1. The first kappa shape index (κ1) is 20.5. The van der Waals surface area contributed by atoms with E-state index in [2.05, 4.69) is 16.0 Å². The summed E-state index contributed by atoms with van der Waals surface area (Å²) in [5.41, 5.74) is 1.90. The highest BCUT2D eigenvalue weighted by Gasteiger charge is 2.29. The van der Waals surface area contributed by atoms with Gasteiger partial charge >= 0.3 is 0 Å². The maximum Gasteiger partial charge on any atom is 0.247 e. The Labute approximate surface area is 150 Å². The highest BCUT2D eigenvalue weighted by molar-refractivity contribution is 5.97. The molecule has 1 heterocycles. The van der Waals surface area contributed by atoms with Gasteiger partial charge in [-0.25, -0.2) is 0 Å². The number of nitrogens with two attached hydrogens (primary N) is 1. The second kappa shape index (κ2) is 9.64. The molecule has 4 N–H and O–H groups in total. The van der Waals surface area contributed by atoms with Crippen molar-refractivity contribution in [3.05, 3.63) is 29.8 Å². The molecule has 1 aromatic rings. The minimum Gasteiger partial charge on any atom is -1.00 e. The number of anilines is 1. The molecule has 6 heteroatoms. The second-order valence-corrected chi connectivity index (χ2v) is 6.73. The van der Waals surface area contributed by atoms with Crippen LogP contribution < -0.4 is 28.4 Å². The average molecular weight is 354 g/mol. The number of carbonyl (C=O) groups excluding carboxylic acids is 2. The largest absolute Gasteiger partial charge is 1.00 e. The molecule has 1 saturated heterocycles. The molecule has 5 nitrogen and oxygen atoms in total. The van der Waals surface area contributed by atoms with E-state index < -0.39 is 6.04 Å². The summed E-state index contributed by atoms with van der Waals surface area (Å²) in [5, 5.41) is 8.08. The molecule has 134 valence electrons. The molecule has 1 aliphatic rings. The van der Waals surface area contributed by atoms with Gasteiger partial charge in [0.05, 0.1) is 13.1 Å². The van der Waals surface area contributed by atoms with Gasteiger partial charge in [0.2, 0.25) is 11.8 Å². The third-order valence-electron chi connectivity index (χ3n) is 4.38. The average Bonchev–Trinajstić information content (AvgIpc) is 2.55. The molecule has 2 rings (SSSR count). The molecule has 1 fully saturated rings. The van der Waals surface area contributed by atoms with Crippen molar-refractivity contribution in [3.8, 4) is 0 Å². The van der Waals surface area contributed by atoms with Gasteiger partial charge in [-0.1, -0.05) is 31.5 Å². The smallest absolute Gasteiger partial charge is 0.247 e. The van der Waals surface area contributed by atoms with Crippen LogP contribution in [-0.4, -0.2) is 30.9 Å². The van der Waals surface area contributed by atoms with Gasteiger partial charge in [-0.05, 0) is 25.0 Å². The fourth-order valence-electron chi connectivity index (χ4n) is 2.85. The van der Waals surface area contributed by atoms with Crippen LogP contribution in [0.15, 0.2) is 24.3 Å². The van der Waals surface area contributed by atoms with Crippen molar-refractivity contribution in [2.24, 2.45) is 11.8 Å². The summed E-state index contributed by atoms with van der Waals surface area (Å²) >= 11 is 0. The summed E-state index contributed by atoms with van der Waals surface area (Å²) in [5.74, 6) is -0.0663. The molecular weight excluding hydrogens is 326 g/mol. The zero-order valence-corrected chi connectivity index (χ0v) is 15.4. The Bertz CT molecular complexity index is 540. The topological polar surface area (TPSA) is 74.8 Å². The van der Waals surface area contributed by atoms with E-state index in [1.54, 1.807) is 0 Å². The molecular formula is C18H28ClN3O2. The Morgan fingerprint density at radius 3 is 2.25 bits per heavy atom. The molecule has 0 radical (unpaired) electrons. The van der Waals surface area contributed by atoms with E-state index in [4.69, 9.17) is 0 Å². The van der Waals surface area contributed by atoms with Crippen molar-refractivity contribution in [3.63, 3.8) is 0 Å². The minimum atomic E-state index is -0.505. The van der Waals surface area contributed by atoms with E-state index in [0.717, 1.165) is 37.2 Å². The summed E-state index contributed by atoms with van der Waals surface area (Å²) in [4.78, 5) is 24.9. The number of carbonyl (C=O) groups is 2. The van der Waals surface area contributed by atoms with Crippen molar-refractivity contribution in [2.75, 3.05) is 18.4 Å². The fraction of sp³-hybridized carbons (Fsp3) is 0.556. The summed E-state index contributed by atoms with van der Waals surface area (Å²) in [6.45, 7) is 7.88. The lowest BCUT2D eigenvalue weighted by Crippen LogP contribution is -3.00. The van der Waals surface area contributed by atoms with Gasteiger partial charge < -0.3 is 28.4 Å². The molecule has 0 spiro atoms. The van der Waals surface area contributed by atoms with Gasteiger partial charge in [-0.2, -0.15) is 0 Å².